The molecule has 2 rings (SSSR count). The molecule has 0 radical (unpaired) electrons. The fourth-order valence-corrected chi connectivity index (χ4v) is 1.88. The number of halogens is 2. The molecule has 0 saturated carbocycles. The number of ketones is 1. The molecule has 0 spiro atoms. The molecule has 0 aliphatic carbocycles. The van der Waals surface area contributed by atoms with Gasteiger partial charge in [0.15, 0.2) is 5.78 Å². The van der Waals surface area contributed by atoms with Gasteiger partial charge in [-0.3, -0.25) is 14.5 Å². The van der Waals surface area contributed by atoms with Crippen molar-refractivity contribution in [3.63, 3.8) is 0 Å². The molecule has 1 aromatic rings. The van der Waals surface area contributed by atoms with E-state index in [0.29, 0.717) is 5.84 Å². The van der Waals surface area contributed by atoms with Gasteiger partial charge in [-0.15, -0.1) is 0 Å². The lowest BCUT2D eigenvalue weighted by molar-refractivity contribution is -0.121. The van der Waals surface area contributed by atoms with Gasteiger partial charge in [0.25, 0.3) is 5.91 Å². The SMILES string of the molecule is CC(=O)c1c(F)cc(/C=C2/N=C(C)N(C)C2=O)cc1F. The Morgan fingerprint density at radius 2 is 1.85 bits per heavy atom. The number of carbonyl (C=O) groups excluding carboxylic acids is 2. The maximum absolute atomic E-state index is 13.7. The highest BCUT2D eigenvalue weighted by atomic mass is 19.1. The van der Waals surface area contributed by atoms with Crippen LogP contribution in [0.2, 0.25) is 0 Å². The van der Waals surface area contributed by atoms with Crippen molar-refractivity contribution in [2.75, 3.05) is 7.05 Å². The number of amidine groups is 1. The first-order valence-electron chi connectivity index (χ1n) is 5.86. The summed E-state index contributed by atoms with van der Waals surface area (Å²) in [5.41, 5.74) is -0.346. The predicted octanol–water partition coefficient (Wildman–Crippen LogP) is 2.40. The lowest BCUT2D eigenvalue weighted by atomic mass is 10.1. The number of likely N-dealkylation sites (N-methyl/N-ethyl adjacent to an activating group) is 1. The molecular weight excluding hydrogens is 266 g/mol. The van der Waals surface area contributed by atoms with E-state index in [4.69, 9.17) is 0 Å². The van der Waals surface area contributed by atoms with E-state index in [9.17, 15) is 18.4 Å². The highest BCUT2D eigenvalue weighted by Gasteiger charge is 2.24. The molecule has 0 N–H and O–H groups in total. The Hall–Kier alpha value is -2.37. The number of Topliss-reactive ketones (excluding diaryl/α,β-unsaturated/α-hetero) is 1. The van der Waals surface area contributed by atoms with Crippen molar-refractivity contribution in [1.29, 1.82) is 0 Å². The van der Waals surface area contributed by atoms with Crippen molar-refractivity contribution in [3.05, 3.63) is 40.6 Å². The summed E-state index contributed by atoms with van der Waals surface area (Å²) in [5.74, 6) is -2.45. The van der Waals surface area contributed by atoms with Gasteiger partial charge in [0, 0.05) is 7.05 Å². The summed E-state index contributed by atoms with van der Waals surface area (Å²) in [7, 11) is 1.56. The van der Waals surface area contributed by atoms with E-state index in [1.807, 2.05) is 0 Å². The quantitative estimate of drug-likeness (QED) is 0.616. The van der Waals surface area contributed by atoms with Gasteiger partial charge in [0.2, 0.25) is 0 Å². The third kappa shape index (κ3) is 2.36. The summed E-state index contributed by atoms with van der Waals surface area (Å²) in [6.07, 6.45) is 1.28. The number of carbonyl (C=O) groups is 2. The van der Waals surface area contributed by atoms with Crippen molar-refractivity contribution in [2.24, 2.45) is 4.99 Å². The van der Waals surface area contributed by atoms with Crippen molar-refractivity contribution in [1.82, 2.24) is 4.90 Å². The van der Waals surface area contributed by atoms with Crippen molar-refractivity contribution in [3.8, 4) is 0 Å². The number of rotatable bonds is 2. The Balaban J connectivity index is 2.47. The zero-order valence-electron chi connectivity index (χ0n) is 11.2. The zero-order valence-corrected chi connectivity index (χ0v) is 11.2. The van der Waals surface area contributed by atoms with Crippen LogP contribution in [0.4, 0.5) is 8.78 Å². The number of benzene rings is 1. The highest BCUT2D eigenvalue weighted by Crippen LogP contribution is 2.21. The second-order valence-electron chi connectivity index (χ2n) is 4.47. The summed E-state index contributed by atoms with van der Waals surface area (Å²) >= 11 is 0. The standard InChI is InChI=1S/C14H12F2N2O2/c1-7(19)13-10(15)4-9(5-11(13)16)6-12-14(20)18(3)8(2)17-12/h4-6H,1-3H3/b12-6+. The maximum atomic E-state index is 13.7. The minimum absolute atomic E-state index is 0.0966. The molecule has 1 aliphatic heterocycles. The van der Waals surface area contributed by atoms with Crippen molar-refractivity contribution < 1.29 is 18.4 Å². The smallest absolute Gasteiger partial charge is 0.277 e. The molecule has 1 aromatic carbocycles. The first-order chi connectivity index (χ1) is 9.31. The summed E-state index contributed by atoms with van der Waals surface area (Å²) in [5, 5.41) is 0. The summed E-state index contributed by atoms with van der Waals surface area (Å²) in [4.78, 5) is 28.2. The Kier molecular flexibility index (Phi) is 3.48. The molecule has 0 aromatic heterocycles. The molecule has 6 heteroatoms. The molecule has 0 bridgehead atoms. The molecule has 1 amide bonds. The predicted molar refractivity (Wildman–Crippen MR) is 70.2 cm³/mol. The Bertz CT molecular complexity index is 655. The second-order valence-corrected chi connectivity index (χ2v) is 4.47. The average Bonchev–Trinajstić information content (AvgIpc) is 2.55. The minimum Gasteiger partial charge on any atom is -0.298 e. The normalized spacial score (nSPS) is 16.9. The van der Waals surface area contributed by atoms with E-state index >= 15 is 0 Å². The van der Waals surface area contributed by atoms with Gasteiger partial charge in [0.05, 0.1) is 5.56 Å². The Morgan fingerprint density at radius 1 is 1.30 bits per heavy atom. The van der Waals surface area contributed by atoms with Crippen LogP contribution < -0.4 is 0 Å². The lowest BCUT2D eigenvalue weighted by Gasteiger charge is -2.06. The largest absolute Gasteiger partial charge is 0.298 e. The van der Waals surface area contributed by atoms with Gasteiger partial charge in [-0.25, -0.2) is 13.8 Å². The van der Waals surface area contributed by atoms with Crippen LogP contribution in [-0.2, 0) is 4.79 Å². The Morgan fingerprint density at radius 3 is 2.25 bits per heavy atom. The van der Waals surface area contributed by atoms with Crippen LogP contribution in [0.5, 0.6) is 0 Å². The number of aliphatic imine (C=N–C) groups is 1. The first-order valence-corrected chi connectivity index (χ1v) is 5.86. The van der Waals surface area contributed by atoms with Gasteiger partial charge in [-0.2, -0.15) is 0 Å². The van der Waals surface area contributed by atoms with E-state index in [1.165, 1.54) is 11.0 Å². The van der Waals surface area contributed by atoms with Crippen LogP contribution in [0.1, 0.15) is 29.8 Å². The van der Waals surface area contributed by atoms with Gasteiger partial charge in [-0.1, -0.05) is 0 Å². The van der Waals surface area contributed by atoms with Crippen LogP contribution in [0, 0.1) is 11.6 Å². The number of amides is 1. The highest BCUT2D eigenvalue weighted by molar-refractivity contribution is 6.13. The Labute approximate surface area is 114 Å². The fraction of sp³-hybridized carbons (Fsp3) is 0.214. The van der Waals surface area contributed by atoms with Crippen molar-refractivity contribution >= 4 is 23.6 Å². The van der Waals surface area contributed by atoms with E-state index < -0.39 is 23.0 Å². The lowest BCUT2D eigenvalue weighted by Crippen LogP contribution is -2.25. The summed E-state index contributed by atoms with van der Waals surface area (Å²) in [6, 6.07) is 2.01. The van der Waals surface area contributed by atoms with Gasteiger partial charge in [0.1, 0.15) is 23.2 Å². The molecule has 0 saturated heterocycles. The average molecular weight is 278 g/mol. The molecular formula is C14H12F2N2O2. The van der Waals surface area contributed by atoms with E-state index in [-0.39, 0.29) is 17.2 Å². The van der Waals surface area contributed by atoms with E-state index in [2.05, 4.69) is 4.99 Å². The zero-order chi connectivity index (χ0) is 15.0. The molecule has 0 fully saturated rings. The van der Waals surface area contributed by atoms with Crippen LogP contribution in [0.25, 0.3) is 6.08 Å². The first kappa shape index (κ1) is 14.0. The van der Waals surface area contributed by atoms with Gasteiger partial charge < -0.3 is 0 Å². The van der Waals surface area contributed by atoms with Crippen LogP contribution in [0.15, 0.2) is 22.8 Å². The number of hydrogen-bond donors (Lipinski definition) is 0. The molecule has 1 aliphatic rings. The third-order valence-corrected chi connectivity index (χ3v) is 3.01. The van der Waals surface area contributed by atoms with Gasteiger partial charge in [-0.05, 0) is 37.6 Å². The molecule has 1 heterocycles. The third-order valence-electron chi connectivity index (χ3n) is 3.01. The summed E-state index contributed by atoms with van der Waals surface area (Å²) < 4.78 is 27.3. The monoisotopic (exact) mass is 278 g/mol. The molecule has 20 heavy (non-hydrogen) atoms. The summed E-state index contributed by atoms with van der Waals surface area (Å²) in [6.45, 7) is 2.74. The van der Waals surface area contributed by atoms with Crippen LogP contribution >= 0.6 is 0 Å². The molecule has 0 atom stereocenters. The molecule has 0 unspecified atom stereocenters. The molecule has 104 valence electrons. The van der Waals surface area contributed by atoms with Gasteiger partial charge >= 0.3 is 0 Å². The van der Waals surface area contributed by atoms with Crippen LogP contribution in [0.3, 0.4) is 0 Å². The molecule has 4 nitrogen and oxygen atoms in total. The minimum atomic E-state index is -0.955. The van der Waals surface area contributed by atoms with Crippen LogP contribution in [-0.4, -0.2) is 29.5 Å². The maximum Gasteiger partial charge on any atom is 0.277 e. The number of hydrogen-bond acceptors (Lipinski definition) is 3. The second kappa shape index (κ2) is 4.96. The van der Waals surface area contributed by atoms with E-state index in [0.717, 1.165) is 19.1 Å². The topological polar surface area (TPSA) is 49.7 Å². The number of nitrogens with zero attached hydrogens (tertiary/aromatic N) is 2. The van der Waals surface area contributed by atoms with Crippen molar-refractivity contribution in [2.45, 2.75) is 13.8 Å². The fourth-order valence-electron chi connectivity index (χ4n) is 1.88. The van der Waals surface area contributed by atoms with E-state index in [1.54, 1.807) is 14.0 Å².